The number of nitrogens with one attached hydrogen (secondary N) is 2. The van der Waals surface area contributed by atoms with Gasteiger partial charge in [-0.2, -0.15) is 5.10 Å². The van der Waals surface area contributed by atoms with Crippen LogP contribution in [0.15, 0.2) is 30.3 Å². The number of hydrogen-bond acceptors (Lipinski definition) is 3. The molecule has 0 saturated carbocycles. The van der Waals surface area contributed by atoms with Gasteiger partial charge >= 0.3 is 5.97 Å². The molecule has 0 saturated heterocycles. The van der Waals surface area contributed by atoms with E-state index in [-0.39, 0.29) is 11.5 Å². The number of amides is 1. The molecule has 1 amide bonds. The van der Waals surface area contributed by atoms with E-state index in [9.17, 15) is 9.59 Å². The first-order chi connectivity index (χ1) is 10.1. The minimum Gasteiger partial charge on any atom is -0.478 e. The number of rotatable bonds is 6. The van der Waals surface area contributed by atoms with Gasteiger partial charge < -0.3 is 10.4 Å². The molecule has 1 aromatic carbocycles. The third-order valence-corrected chi connectivity index (χ3v) is 3.12. The van der Waals surface area contributed by atoms with Crippen molar-refractivity contribution in [2.45, 2.75) is 19.8 Å². The van der Waals surface area contributed by atoms with E-state index >= 15 is 0 Å². The summed E-state index contributed by atoms with van der Waals surface area (Å²) in [6, 6.07) is 8.41. The van der Waals surface area contributed by atoms with E-state index in [1.54, 1.807) is 24.3 Å². The molecule has 1 heterocycles. The van der Waals surface area contributed by atoms with Crippen molar-refractivity contribution in [3.8, 4) is 0 Å². The van der Waals surface area contributed by atoms with Crippen LogP contribution in [0, 0.1) is 0 Å². The Kier molecular flexibility index (Phi) is 4.71. The maximum absolute atomic E-state index is 11.9. The van der Waals surface area contributed by atoms with Gasteiger partial charge in [0.1, 0.15) is 5.69 Å². The number of aromatic nitrogens is 2. The maximum Gasteiger partial charge on any atom is 0.335 e. The molecule has 0 radical (unpaired) electrons. The lowest BCUT2D eigenvalue weighted by atomic mass is 10.1. The molecule has 0 unspecified atom stereocenters. The summed E-state index contributed by atoms with van der Waals surface area (Å²) in [7, 11) is 0. The normalized spacial score (nSPS) is 10.3. The zero-order chi connectivity index (χ0) is 15.2. The summed E-state index contributed by atoms with van der Waals surface area (Å²) in [6.07, 6.45) is 1.36. The van der Waals surface area contributed by atoms with Gasteiger partial charge in [0.25, 0.3) is 5.91 Å². The second-order valence-corrected chi connectivity index (χ2v) is 4.64. The Morgan fingerprint density at radius 3 is 2.81 bits per heavy atom. The fraction of sp³-hybridized carbons (Fsp3) is 0.267. The molecule has 110 valence electrons. The molecule has 3 N–H and O–H groups in total. The lowest BCUT2D eigenvalue weighted by Crippen LogP contribution is -2.26. The fourth-order valence-corrected chi connectivity index (χ4v) is 1.93. The van der Waals surface area contributed by atoms with Gasteiger partial charge in [0.05, 0.1) is 5.56 Å². The number of hydrogen-bond donors (Lipinski definition) is 3. The van der Waals surface area contributed by atoms with Gasteiger partial charge in [0, 0.05) is 12.2 Å². The number of nitrogens with zero attached hydrogens (tertiary/aromatic N) is 1. The number of benzene rings is 1. The molecule has 0 aliphatic heterocycles. The Morgan fingerprint density at radius 1 is 1.33 bits per heavy atom. The number of carboxylic acids is 1. The highest BCUT2D eigenvalue weighted by Crippen LogP contribution is 2.06. The number of aromatic carboxylic acids is 1. The van der Waals surface area contributed by atoms with Crippen molar-refractivity contribution in [2.75, 3.05) is 6.54 Å². The minimum atomic E-state index is -0.954. The molecule has 0 bridgehead atoms. The lowest BCUT2D eigenvalue weighted by molar-refractivity contribution is 0.0696. The van der Waals surface area contributed by atoms with Crippen LogP contribution in [0.1, 0.15) is 39.0 Å². The molecule has 0 aliphatic carbocycles. The molecule has 0 atom stereocenters. The van der Waals surface area contributed by atoms with Crippen LogP contribution in [0.4, 0.5) is 0 Å². The van der Waals surface area contributed by atoms with Crippen LogP contribution in [-0.4, -0.2) is 33.7 Å². The molecular formula is C15H17N3O3. The van der Waals surface area contributed by atoms with Crippen molar-refractivity contribution < 1.29 is 14.7 Å². The Morgan fingerprint density at radius 2 is 2.14 bits per heavy atom. The first-order valence-electron chi connectivity index (χ1n) is 6.75. The molecular weight excluding hydrogens is 270 g/mol. The molecule has 21 heavy (non-hydrogen) atoms. The Bertz CT molecular complexity index is 649. The van der Waals surface area contributed by atoms with Crippen LogP contribution in [0.5, 0.6) is 0 Å². The molecule has 0 spiro atoms. The number of H-pyrrole nitrogens is 1. The van der Waals surface area contributed by atoms with Gasteiger partial charge in [-0.1, -0.05) is 19.1 Å². The summed E-state index contributed by atoms with van der Waals surface area (Å²) in [4.78, 5) is 22.7. The largest absolute Gasteiger partial charge is 0.478 e. The number of aryl methyl sites for hydroxylation is 1. The molecule has 2 aromatic rings. The third-order valence-electron chi connectivity index (χ3n) is 3.12. The summed E-state index contributed by atoms with van der Waals surface area (Å²) in [5.41, 5.74) is 2.39. The Balaban J connectivity index is 1.87. The monoisotopic (exact) mass is 287 g/mol. The smallest absolute Gasteiger partial charge is 0.335 e. The van der Waals surface area contributed by atoms with Crippen LogP contribution < -0.4 is 5.32 Å². The van der Waals surface area contributed by atoms with Crippen molar-refractivity contribution in [2.24, 2.45) is 0 Å². The van der Waals surface area contributed by atoms with E-state index in [1.807, 2.05) is 13.0 Å². The molecule has 6 heteroatoms. The van der Waals surface area contributed by atoms with Crippen LogP contribution in [-0.2, 0) is 12.8 Å². The van der Waals surface area contributed by atoms with E-state index in [2.05, 4.69) is 15.5 Å². The van der Waals surface area contributed by atoms with Crippen LogP contribution in [0.2, 0.25) is 0 Å². The van der Waals surface area contributed by atoms with Crippen LogP contribution in [0.25, 0.3) is 0 Å². The maximum atomic E-state index is 11.9. The van der Waals surface area contributed by atoms with Gasteiger partial charge in [0.15, 0.2) is 0 Å². The van der Waals surface area contributed by atoms with E-state index in [4.69, 9.17) is 5.11 Å². The number of carbonyl (C=O) groups is 2. The highest BCUT2D eigenvalue weighted by atomic mass is 16.4. The van der Waals surface area contributed by atoms with Crippen LogP contribution >= 0.6 is 0 Å². The minimum absolute atomic E-state index is 0.236. The second-order valence-electron chi connectivity index (χ2n) is 4.64. The molecule has 0 aliphatic rings. The van der Waals surface area contributed by atoms with Gasteiger partial charge in [-0.15, -0.1) is 0 Å². The first kappa shape index (κ1) is 14.8. The Hall–Kier alpha value is -2.63. The quantitative estimate of drug-likeness (QED) is 0.752. The summed E-state index contributed by atoms with van der Waals surface area (Å²) in [6.45, 7) is 2.40. The van der Waals surface area contributed by atoms with E-state index < -0.39 is 5.97 Å². The molecule has 1 aromatic heterocycles. The first-order valence-corrected chi connectivity index (χ1v) is 6.75. The summed E-state index contributed by atoms with van der Waals surface area (Å²) >= 11 is 0. The van der Waals surface area contributed by atoms with Gasteiger partial charge in [-0.05, 0) is 36.6 Å². The molecule has 2 rings (SSSR count). The standard InChI is InChI=1S/C15H17N3O3/c1-2-12-9-13(18-17-12)14(19)16-7-6-10-4-3-5-11(8-10)15(20)21/h3-5,8-9H,2,6-7H2,1H3,(H,16,19)(H,17,18)(H,20,21). The predicted molar refractivity (Wildman–Crippen MR) is 77.4 cm³/mol. The SMILES string of the molecule is CCc1cc(C(=O)NCCc2cccc(C(=O)O)c2)n[nH]1. The van der Waals surface area contributed by atoms with E-state index in [0.29, 0.717) is 18.7 Å². The van der Waals surface area contributed by atoms with E-state index in [0.717, 1.165) is 17.7 Å². The number of carbonyl (C=O) groups excluding carboxylic acids is 1. The predicted octanol–water partition coefficient (Wildman–Crippen LogP) is 1.64. The topological polar surface area (TPSA) is 95.1 Å². The number of carboxylic acid groups (broad SMARTS) is 1. The average molecular weight is 287 g/mol. The van der Waals surface area contributed by atoms with Crippen LogP contribution in [0.3, 0.4) is 0 Å². The Labute approximate surface area is 122 Å². The summed E-state index contributed by atoms with van der Waals surface area (Å²) < 4.78 is 0. The number of aromatic amines is 1. The third kappa shape index (κ3) is 3.92. The van der Waals surface area contributed by atoms with Crippen molar-refractivity contribution in [1.29, 1.82) is 0 Å². The summed E-state index contributed by atoms with van der Waals surface area (Å²) in [5.74, 6) is -1.19. The van der Waals surface area contributed by atoms with Gasteiger partial charge in [-0.25, -0.2) is 4.79 Å². The van der Waals surface area contributed by atoms with E-state index in [1.165, 1.54) is 0 Å². The van der Waals surface area contributed by atoms with Crippen molar-refractivity contribution in [3.05, 3.63) is 52.8 Å². The van der Waals surface area contributed by atoms with Crippen molar-refractivity contribution in [3.63, 3.8) is 0 Å². The van der Waals surface area contributed by atoms with Gasteiger partial charge in [0.2, 0.25) is 0 Å². The lowest BCUT2D eigenvalue weighted by Gasteiger charge is -2.04. The fourth-order valence-electron chi connectivity index (χ4n) is 1.93. The summed E-state index contributed by atoms with van der Waals surface area (Å²) in [5, 5.41) is 18.4. The second kappa shape index (κ2) is 6.69. The van der Waals surface area contributed by atoms with Crippen molar-refractivity contribution >= 4 is 11.9 Å². The molecule has 0 fully saturated rings. The zero-order valence-corrected chi connectivity index (χ0v) is 11.7. The highest BCUT2D eigenvalue weighted by molar-refractivity contribution is 5.92. The highest BCUT2D eigenvalue weighted by Gasteiger charge is 2.09. The molecule has 6 nitrogen and oxygen atoms in total. The average Bonchev–Trinajstić information content (AvgIpc) is 2.96. The van der Waals surface area contributed by atoms with Crippen molar-refractivity contribution in [1.82, 2.24) is 15.5 Å². The van der Waals surface area contributed by atoms with Gasteiger partial charge in [-0.3, -0.25) is 9.89 Å². The zero-order valence-electron chi connectivity index (χ0n) is 11.7.